The maximum absolute atomic E-state index is 13.6. The van der Waals surface area contributed by atoms with Crippen LogP contribution in [0.3, 0.4) is 0 Å². The first-order valence-electron chi connectivity index (χ1n) is 5.18. The minimum atomic E-state index is -3.07. The number of rotatable bonds is 2. The second kappa shape index (κ2) is 4.14. The van der Waals surface area contributed by atoms with Gasteiger partial charge in [0, 0.05) is 5.92 Å². The zero-order chi connectivity index (χ0) is 11.8. The molecule has 1 fully saturated rings. The first-order chi connectivity index (χ1) is 7.53. The van der Waals surface area contributed by atoms with Gasteiger partial charge >= 0.3 is 0 Å². The van der Waals surface area contributed by atoms with Crippen LogP contribution in [0.15, 0.2) is 24.3 Å². The van der Waals surface area contributed by atoms with E-state index in [4.69, 9.17) is 5.73 Å². The summed E-state index contributed by atoms with van der Waals surface area (Å²) in [5.74, 6) is -0.723. The van der Waals surface area contributed by atoms with Gasteiger partial charge in [-0.25, -0.2) is 12.8 Å². The van der Waals surface area contributed by atoms with E-state index in [0.29, 0.717) is 5.56 Å². The van der Waals surface area contributed by atoms with Crippen molar-refractivity contribution in [3.63, 3.8) is 0 Å². The molecular weight excluding hydrogens is 229 g/mol. The molecule has 0 bridgehead atoms. The van der Waals surface area contributed by atoms with Crippen molar-refractivity contribution >= 4 is 9.84 Å². The molecule has 3 nitrogen and oxygen atoms in total. The summed E-state index contributed by atoms with van der Waals surface area (Å²) in [6, 6.07) is 6.31. The zero-order valence-corrected chi connectivity index (χ0v) is 9.58. The highest BCUT2D eigenvalue weighted by Crippen LogP contribution is 2.34. The summed E-state index contributed by atoms with van der Waals surface area (Å²) in [5.41, 5.74) is 6.02. The molecule has 1 heterocycles. The topological polar surface area (TPSA) is 60.2 Å². The quantitative estimate of drug-likeness (QED) is 0.840. The normalized spacial score (nSPS) is 28.1. The average molecular weight is 243 g/mol. The number of benzene rings is 1. The summed E-state index contributed by atoms with van der Waals surface area (Å²) < 4.78 is 36.6. The van der Waals surface area contributed by atoms with E-state index < -0.39 is 9.84 Å². The van der Waals surface area contributed by atoms with Crippen LogP contribution in [0, 0.1) is 11.7 Å². The Morgan fingerprint density at radius 3 is 2.62 bits per heavy atom. The molecule has 1 aliphatic heterocycles. The van der Waals surface area contributed by atoms with Crippen molar-refractivity contribution in [2.45, 2.75) is 5.92 Å². The van der Waals surface area contributed by atoms with Gasteiger partial charge in [0.2, 0.25) is 0 Å². The van der Waals surface area contributed by atoms with Crippen LogP contribution in [0.4, 0.5) is 4.39 Å². The predicted octanol–water partition coefficient (Wildman–Crippen LogP) is 0.913. The van der Waals surface area contributed by atoms with Gasteiger partial charge in [-0.05, 0) is 24.1 Å². The van der Waals surface area contributed by atoms with Crippen molar-refractivity contribution < 1.29 is 12.8 Å². The van der Waals surface area contributed by atoms with E-state index in [9.17, 15) is 12.8 Å². The van der Waals surface area contributed by atoms with Gasteiger partial charge in [0.25, 0.3) is 0 Å². The van der Waals surface area contributed by atoms with Crippen molar-refractivity contribution in [1.82, 2.24) is 0 Å². The molecular formula is C11H14FNO2S. The Hall–Kier alpha value is -0.940. The summed E-state index contributed by atoms with van der Waals surface area (Å²) in [6.07, 6.45) is 0. The molecule has 0 radical (unpaired) electrons. The summed E-state index contributed by atoms with van der Waals surface area (Å²) in [6.45, 7) is 0.276. The molecule has 0 saturated carbocycles. The SMILES string of the molecule is NCC1CS(=O)(=O)CC1c1ccccc1F. The average Bonchev–Trinajstić information content (AvgIpc) is 2.54. The van der Waals surface area contributed by atoms with Crippen molar-refractivity contribution in [3.8, 4) is 0 Å². The Bertz CT molecular complexity index is 487. The van der Waals surface area contributed by atoms with Crippen LogP contribution >= 0.6 is 0 Å². The molecule has 1 aromatic carbocycles. The Morgan fingerprint density at radius 2 is 2.00 bits per heavy atom. The van der Waals surface area contributed by atoms with Gasteiger partial charge in [0.15, 0.2) is 9.84 Å². The van der Waals surface area contributed by atoms with Crippen molar-refractivity contribution in [2.24, 2.45) is 11.7 Å². The number of sulfone groups is 1. The molecule has 2 unspecified atom stereocenters. The lowest BCUT2D eigenvalue weighted by Crippen LogP contribution is -2.21. The third-order valence-corrected chi connectivity index (χ3v) is 4.88. The lowest BCUT2D eigenvalue weighted by molar-refractivity contribution is 0.503. The molecule has 2 N–H and O–H groups in total. The second-order valence-electron chi connectivity index (χ2n) is 4.20. The maximum Gasteiger partial charge on any atom is 0.151 e. The standard InChI is InChI=1S/C11H14FNO2S/c12-11-4-2-1-3-9(11)10-7-16(14,15)6-8(10)5-13/h1-4,8,10H,5-7,13H2. The predicted molar refractivity (Wildman–Crippen MR) is 60.3 cm³/mol. The second-order valence-corrected chi connectivity index (χ2v) is 6.35. The van der Waals surface area contributed by atoms with Gasteiger partial charge < -0.3 is 5.73 Å². The van der Waals surface area contributed by atoms with Crippen molar-refractivity contribution in [3.05, 3.63) is 35.6 Å². The molecule has 1 aliphatic rings. The van der Waals surface area contributed by atoms with E-state index in [1.54, 1.807) is 18.2 Å². The van der Waals surface area contributed by atoms with E-state index in [1.165, 1.54) is 6.07 Å². The Labute approximate surface area is 94.4 Å². The van der Waals surface area contributed by atoms with Gasteiger partial charge in [0.05, 0.1) is 11.5 Å². The first-order valence-corrected chi connectivity index (χ1v) is 7.00. The van der Waals surface area contributed by atoms with Crippen LogP contribution < -0.4 is 5.73 Å². The molecule has 1 aromatic rings. The van der Waals surface area contributed by atoms with Gasteiger partial charge in [0.1, 0.15) is 5.82 Å². The first kappa shape index (κ1) is 11.5. The third kappa shape index (κ3) is 2.10. The Kier molecular flexibility index (Phi) is 2.99. The fraction of sp³-hybridized carbons (Fsp3) is 0.455. The molecule has 5 heteroatoms. The maximum atomic E-state index is 13.6. The van der Waals surface area contributed by atoms with Gasteiger partial charge in [-0.3, -0.25) is 0 Å². The number of nitrogens with two attached hydrogens (primary N) is 1. The van der Waals surface area contributed by atoms with Crippen LogP contribution in [0.2, 0.25) is 0 Å². The minimum absolute atomic E-state index is 0.00972. The highest BCUT2D eigenvalue weighted by atomic mass is 32.2. The van der Waals surface area contributed by atoms with Crippen LogP contribution in [-0.2, 0) is 9.84 Å². The number of hydrogen-bond donors (Lipinski definition) is 1. The lowest BCUT2D eigenvalue weighted by Gasteiger charge is -2.16. The highest BCUT2D eigenvalue weighted by Gasteiger charge is 2.38. The van der Waals surface area contributed by atoms with Crippen molar-refractivity contribution in [1.29, 1.82) is 0 Å². The summed E-state index contributed by atoms with van der Waals surface area (Å²) in [4.78, 5) is 0. The molecule has 0 spiro atoms. The highest BCUT2D eigenvalue weighted by molar-refractivity contribution is 7.91. The fourth-order valence-corrected chi connectivity index (χ4v) is 4.43. The smallest absolute Gasteiger partial charge is 0.151 e. The van der Waals surface area contributed by atoms with Crippen LogP contribution in [-0.4, -0.2) is 26.5 Å². The van der Waals surface area contributed by atoms with Crippen LogP contribution in [0.5, 0.6) is 0 Å². The van der Waals surface area contributed by atoms with E-state index in [-0.39, 0.29) is 35.7 Å². The zero-order valence-electron chi connectivity index (χ0n) is 8.77. The largest absolute Gasteiger partial charge is 0.330 e. The molecule has 0 aliphatic carbocycles. The molecule has 2 atom stereocenters. The van der Waals surface area contributed by atoms with Gasteiger partial charge in [-0.15, -0.1) is 0 Å². The van der Waals surface area contributed by atoms with E-state index in [1.807, 2.05) is 0 Å². The molecule has 2 rings (SSSR count). The summed E-state index contributed by atoms with van der Waals surface area (Å²) in [7, 11) is -3.07. The Balaban J connectivity index is 2.38. The molecule has 0 aromatic heterocycles. The molecule has 1 saturated heterocycles. The van der Waals surface area contributed by atoms with E-state index >= 15 is 0 Å². The molecule has 88 valence electrons. The summed E-state index contributed by atoms with van der Waals surface area (Å²) in [5, 5.41) is 0. The van der Waals surface area contributed by atoms with E-state index in [0.717, 1.165) is 0 Å². The molecule has 16 heavy (non-hydrogen) atoms. The van der Waals surface area contributed by atoms with Crippen molar-refractivity contribution in [2.75, 3.05) is 18.1 Å². The van der Waals surface area contributed by atoms with Gasteiger partial charge in [-0.2, -0.15) is 0 Å². The summed E-state index contributed by atoms with van der Waals surface area (Å²) >= 11 is 0. The fourth-order valence-electron chi connectivity index (χ4n) is 2.27. The Morgan fingerprint density at radius 1 is 1.31 bits per heavy atom. The van der Waals surface area contributed by atoms with Gasteiger partial charge in [-0.1, -0.05) is 18.2 Å². The monoisotopic (exact) mass is 243 g/mol. The number of halogens is 1. The molecule has 0 amide bonds. The van der Waals surface area contributed by atoms with Crippen LogP contribution in [0.1, 0.15) is 11.5 Å². The minimum Gasteiger partial charge on any atom is -0.330 e. The lowest BCUT2D eigenvalue weighted by atomic mass is 9.89. The van der Waals surface area contributed by atoms with Crippen LogP contribution in [0.25, 0.3) is 0 Å². The third-order valence-electron chi connectivity index (χ3n) is 3.08. The number of hydrogen-bond acceptors (Lipinski definition) is 3. The van der Waals surface area contributed by atoms with E-state index in [2.05, 4.69) is 0 Å².